The number of nitrogens with zero attached hydrogens (tertiary/aromatic N) is 2. The fourth-order valence-electron chi connectivity index (χ4n) is 2.46. The number of hydrogen-bond donors (Lipinski definition) is 1. The maximum atomic E-state index is 3.49. The van der Waals surface area contributed by atoms with E-state index in [-0.39, 0.29) is 0 Å². The van der Waals surface area contributed by atoms with Crippen molar-refractivity contribution in [3.63, 3.8) is 0 Å². The van der Waals surface area contributed by atoms with Gasteiger partial charge in [-0.25, -0.2) is 0 Å². The second-order valence-corrected chi connectivity index (χ2v) is 5.47. The van der Waals surface area contributed by atoms with Crippen LogP contribution >= 0.6 is 0 Å². The predicted molar refractivity (Wildman–Crippen MR) is 84.2 cm³/mol. The van der Waals surface area contributed by atoms with Crippen LogP contribution in [0.4, 0.5) is 11.4 Å². The van der Waals surface area contributed by atoms with E-state index < -0.39 is 0 Å². The van der Waals surface area contributed by atoms with Gasteiger partial charge >= 0.3 is 0 Å². The monoisotopic (exact) mass is 261 g/mol. The molecule has 0 radical (unpaired) electrons. The van der Waals surface area contributed by atoms with Gasteiger partial charge in [0.05, 0.1) is 0 Å². The van der Waals surface area contributed by atoms with E-state index in [4.69, 9.17) is 0 Å². The van der Waals surface area contributed by atoms with E-state index in [1.165, 1.54) is 30.6 Å². The quantitative estimate of drug-likeness (QED) is 0.794. The van der Waals surface area contributed by atoms with Crippen molar-refractivity contribution >= 4 is 11.4 Å². The minimum atomic E-state index is 1.09. The Balaban J connectivity index is 1.81. The van der Waals surface area contributed by atoms with Gasteiger partial charge < -0.3 is 15.1 Å². The summed E-state index contributed by atoms with van der Waals surface area (Å²) in [7, 11) is 2.20. The standard InChI is InChI=1S/C16H27N3/c1-3-4-5-10-17-15-6-8-16(9-7-15)19-13-11-18(2)12-14-19/h6-9,17H,3-5,10-14H2,1-2H3. The molecule has 0 aliphatic carbocycles. The molecule has 2 rings (SSSR count). The van der Waals surface area contributed by atoms with Crippen molar-refractivity contribution in [3.8, 4) is 0 Å². The first kappa shape index (κ1) is 14.2. The van der Waals surface area contributed by atoms with Gasteiger partial charge in [0.25, 0.3) is 0 Å². The van der Waals surface area contributed by atoms with E-state index in [1.807, 2.05) is 0 Å². The minimum absolute atomic E-state index is 1.09. The Morgan fingerprint density at radius 2 is 1.68 bits per heavy atom. The Bertz CT molecular complexity index is 353. The zero-order chi connectivity index (χ0) is 13.5. The van der Waals surface area contributed by atoms with Crippen LogP contribution in [0.3, 0.4) is 0 Å². The fraction of sp³-hybridized carbons (Fsp3) is 0.625. The molecule has 1 fully saturated rings. The van der Waals surface area contributed by atoms with Crippen LogP contribution in [-0.2, 0) is 0 Å². The van der Waals surface area contributed by atoms with Crippen molar-refractivity contribution < 1.29 is 0 Å². The Morgan fingerprint density at radius 1 is 1.00 bits per heavy atom. The van der Waals surface area contributed by atoms with Crippen LogP contribution in [0.1, 0.15) is 26.2 Å². The Morgan fingerprint density at radius 3 is 2.32 bits per heavy atom. The number of hydrogen-bond acceptors (Lipinski definition) is 3. The first-order chi connectivity index (χ1) is 9.29. The average molecular weight is 261 g/mol. The summed E-state index contributed by atoms with van der Waals surface area (Å²) < 4.78 is 0. The first-order valence-electron chi connectivity index (χ1n) is 7.57. The fourth-order valence-corrected chi connectivity index (χ4v) is 2.46. The van der Waals surface area contributed by atoms with Gasteiger partial charge in [0.1, 0.15) is 0 Å². The Kier molecular flexibility index (Phi) is 5.52. The van der Waals surface area contributed by atoms with Crippen molar-refractivity contribution in [2.24, 2.45) is 0 Å². The maximum Gasteiger partial charge on any atom is 0.0368 e. The number of piperazine rings is 1. The van der Waals surface area contributed by atoms with Crippen LogP contribution in [0.5, 0.6) is 0 Å². The SMILES string of the molecule is CCCCCNc1ccc(N2CCN(C)CC2)cc1. The highest BCUT2D eigenvalue weighted by Crippen LogP contribution is 2.19. The average Bonchev–Trinajstić information content (AvgIpc) is 2.45. The van der Waals surface area contributed by atoms with Crippen LogP contribution in [0, 0.1) is 0 Å². The molecule has 1 aromatic carbocycles. The molecule has 0 bridgehead atoms. The summed E-state index contributed by atoms with van der Waals surface area (Å²) in [6, 6.07) is 8.90. The summed E-state index contributed by atoms with van der Waals surface area (Å²) in [5.74, 6) is 0. The molecule has 0 aromatic heterocycles. The lowest BCUT2D eigenvalue weighted by atomic mass is 10.2. The molecule has 0 amide bonds. The molecule has 3 nitrogen and oxygen atoms in total. The van der Waals surface area contributed by atoms with E-state index in [2.05, 4.69) is 53.4 Å². The molecule has 0 atom stereocenters. The number of likely N-dealkylation sites (N-methyl/N-ethyl adjacent to an activating group) is 1. The van der Waals surface area contributed by atoms with Crippen LogP contribution in [0.2, 0.25) is 0 Å². The Hall–Kier alpha value is -1.22. The summed E-state index contributed by atoms with van der Waals surface area (Å²) in [4.78, 5) is 4.86. The summed E-state index contributed by atoms with van der Waals surface area (Å²) in [6.07, 6.45) is 3.85. The zero-order valence-electron chi connectivity index (χ0n) is 12.4. The van der Waals surface area contributed by atoms with E-state index in [1.54, 1.807) is 0 Å². The molecule has 0 saturated carbocycles. The lowest BCUT2D eigenvalue weighted by molar-refractivity contribution is 0.313. The lowest BCUT2D eigenvalue weighted by Gasteiger charge is -2.34. The van der Waals surface area contributed by atoms with Crippen LogP contribution < -0.4 is 10.2 Å². The molecule has 0 unspecified atom stereocenters. The topological polar surface area (TPSA) is 18.5 Å². The first-order valence-corrected chi connectivity index (χ1v) is 7.57. The van der Waals surface area contributed by atoms with Gasteiger partial charge in [0.2, 0.25) is 0 Å². The molecule has 0 spiro atoms. The molecule has 1 heterocycles. The summed E-state index contributed by atoms with van der Waals surface area (Å²) >= 11 is 0. The molecular formula is C16H27N3. The molecule has 1 N–H and O–H groups in total. The largest absolute Gasteiger partial charge is 0.385 e. The second-order valence-electron chi connectivity index (χ2n) is 5.47. The van der Waals surface area contributed by atoms with E-state index in [9.17, 15) is 0 Å². The number of nitrogens with one attached hydrogen (secondary N) is 1. The van der Waals surface area contributed by atoms with Gasteiger partial charge in [-0.05, 0) is 37.7 Å². The minimum Gasteiger partial charge on any atom is -0.385 e. The van der Waals surface area contributed by atoms with Crippen molar-refractivity contribution in [3.05, 3.63) is 24.3 Å². The van der Waals surface area contributed by atoms with E-state index in [0.29, 0.717) is 0 Å². The molecule has 1 aliphatic heterocycles. The third-order valence-corrected chi connectivity index (χ3v) is 3.85. The van der Waals surface area contributed by atoms with Gasteiger partial charge in [-0.3, -0.25) is 0 Å². The van der Waals surface area contributed by atoms with Crippen LogP contribution in [-0.4, -0.2) is 44.7 Å². The van der Waals surface area contributed by atoms with Crippen molar-refractivity contribution in [1.82, 2.24) is 4.90 Å². The van der Waals surface area contributed by atoms with Crippen LogP contribution in [0.25, 0.3) is 0 Å². The third kappa shape index (κ3) is 4.43. The Labute approximate surface area is 117 Å². The zero-order valence-corrected chi connectivity index (χ0v) is 12.4. The number of anilines is 2. The number of unbranched alkanes of at least 4 members (excludes halogenated alkanes) is 2. The molecule has 1 aliphatic rings. The number of rotatable bonds is 6. The van der Waals surface area contributed by atoms with Crippen molar-refractivity contribution in [1.29, 1.82) is 0 Å². The second kappa shape index (κ2) is 7.39. The van der Waals surface area contributed by atoms with Crippen molar-refractivity contribution in [2.45, 2.75) is 26.2 Å². The highest BCUT2D eigenvalue weighted by molar-refractivity contribution is 5.55. The lowest BCUT2D eigenvalue weighted by Crippen LogP contribution is -2.44. The van der Waals surface area contributed by atoms with Gasteiger partial charge in [0.15, 0.2) is 0 Å². The van der Waals surface area contributed by atoms with Gasteiger partial charge in [-0.1, -0.05) is 19.8 Å². The summed E-state index contributed by atoms with van der Waals surface area (Å²) in [6.45, 7) is 7.93. The van der Waals surface area contributed by atoms with Crippen molar-refractivity contribution in [2.75, 3.05) is 50.0 Å². The van der Waals surface area contributed by atoms with Gasteiger partial charge in [-0.15, -0.1) is 0 Å². The normalized spacial score (nSPS) is 16.6. The van der Waals surface area contributed by atoms with Crippen LogP contribution in [0.15, 0.2) is 24.3 Å². The smallest absolute Gasteiger partial charge is 0.0368 e. The van der Waals surface area contributed by atoms with Gasteiger partial charge in [-0.2, -0.15) is 0 Å². The van der Waals surface area contributed by atoms with E-state index >= 15 is 0 Å². The molecule has 106 valence electrons. The highest BCUT2D eigenvalue weighted by atomic mass is 15.2. The summed E-state index contributed by atoms with van der Waals surface area (Å²) in [5, 5.41) is 3.49. The maximum absolute atomic E-state index is 3.49. The molecule has 1 aromatic rings. The third-order valence-electron chi connectivity index (χ3n) is 3.85. The predicted octanol–water partition coefficient (Wildman–Crippen LogP) is 3.04. The molecular weight excluding hydrogens is 234 g/mol. The molecule has 1 saturated heterocycles. The number of benzene rings is 1. The molecule has 3 heteroatoms. The summed E-state index contributed by atoms with van der Waals surface area (Å²) in [5.41, 5.74) is 2.60. The van der Waals surface area contributed by atoms with E-state index in [0.717, 1.165) is 32.7 Å². The highest BCUT2D eigenvalue weighted by Gasteiger charge is 2.13. The molecule has 19 heavy (non-hydrogen) atoms. The van der Waals surface area contributed by atoms with Gasteiger partial charge in [0, 0.05) is 44.1 Å².